The third kappa shape index (κ3) is 4.69. The van der Waals surface area contributed by atoms with Crippen molar-refractivity contribution in [2.45, 2.75) is 18.8 Å². The van der Waals surface area contributed by atoms with Gasteiger partial charge in [0.15, 0.2) is 0 Å². The predicted octanol–water partition coefficient (Wildman–Crippen LogP) is 1.66. The average molecular weight is 340 g/mol. The van der Waals surface area contributed by atoms with Crippen LogP contribution < -0.4 is 10.9 Å². The number of benzene rings is 1. The molecule has 0 aliphatic heterocycles. The summed E-state index contributed by atoms with van der Waals surface area (Å²) in [7, 11) is 0. The summed E-state index contributed by atoms with van der Waals surface area (Å²) < 4.78 is 39.1. The first-order valence-corrected chi connectivity index (χ1v) is 7.06. The standard InChI is InChI=1S/C16H15F3N2O3/c17-16(18,19)12-5-3-4-11(8-12)15(24)20-9-13(22)10-21-7-2-1-6-14(21)23/h1-8,13,22H,9-10H2,(H,20,24)/t13-/m0/s1. The lowest BCUT2D eigenvalue weighted by Gasteiger charge is -2.14. The molecule has 1 aromatic carbocycles. The van der Waals surface area contributed by atoms with Crippen LogP contribution in [0.5, 0.6) is 0 Å². The maximum atomic E-state index is 12.6. The number of aliphatic hydroxyl groups is 1. The van der Waals surface area contributed by atoms with Crippen molar-refractivity contribution >= 4 is 5.91 Å². The fourth-order valence-electron chi connectivity index (χ4n) is 2.05. The number of carbonyl (C=O) groups is 1. The molecule has 0 spiro atoms. The maximum absolute atomic E-state index is 12.6. The molecule has 0 saturated heterocycles. The van der Waals surface area contributed by atoms with Crippen molar-refractivity contribution in [2.75, 3.05) is 6.54 Å². The zero-order valence-corrected chi connectivity index (χ0v) is 12.5. The molecule has 128 valence electrons. The largest absolute Gasteiger partial charge is 0.416 e. The molecule has 1 aromatic heterocycles. The molecule has 2 N–H and O–H groups in total. The van der Waals surface area contributed by atoms with Gasteiger partial charge in [0.2, 0.25) is 0 Å². The number of amides is 1. The second-order valence-electron chi connectivity index (χ2n) is 5.13. The lowest BCUT2D eigenvalue weighted by Crippen LogP contribution is -2.36. The van der Waals surface area contributed by atoms with Crippen LogP contribution in [-0.2, 0) is 12.7 Å². The zero-order valence-electron chi connectivity index (χ0n) is 12.5. The van der Waals surface area contributed by atoms with Crippen molar-refractivity contribution in [1.29, 1.82) is 0 Å². The minimum atomic E-state index is -4.54. The van der Waals surface area contributed by atoms with Crippen molar-refractivity contribution in [3.05, 3.63) is 70.1 Å². The van der Waals surface area contributed by atoms with E-state index < -0.39 is 23.8 Å². The van der Waals surface area contributed by atoms with Gasteiger partial charge >= 0.3 is 6.18 Å². The second-order valence-corrected chi connectivity index (χ2v) is 5.13. The number of rotatable bonds is 5. The van der Waals surface area contributed by atoms with Crippen LogP contribution in [0.4, 0.5) is 13.2 Å². The van der Waals surface area contributed by atoms with Gasteiger partial charge in [0.25, 0.3) is 11.5 Å². The molecule has 0 radical (unpaired) electrons. The number of halogens is 3. The van der Waals surface area contributed by atoms with Crippen LogP contribution in [0.1, 0.15) is 15.9 Å². The van der Waals surface area contributed by atoms with Crippen molar-refractivity contribution in [2.24, 2.45) is 0 Å². The van der Waals surface area contributed by atoms with Crippen molar-refractivity contribution < 1.29 is 23.1 Å². The zero-order chi connectivity index (χ0) is 17.7. The summed E-state index contributed by atoms with van der Waals surface area (Å²) in [6.07, 6.45) is -4.11. The fourth-order valence-corrected chi connectivity index (χ4v) is 2.05. The van der Waals surface area contributed by atoms with Gasteiger partial charge in [-0.2, -0.15) is 13.2 Å². The summed E-state index contributed by atoms with van der Waals surface area (Å²) in [5.41, 5.74) is -1.39. The Labute approximate surface area is 135 Å². The molecule has 0 unspecified atom stereocenters. The lowest BCUT2D eigenvalue weighted by molar-refractivity contribution is -0.137. The number of aliphatic hydroxyl groups excluding tert-OH is 1. The van der Waals surface area contributed by atoms with Gasteiger partial charge in [0.05, 0.1) is 18.2 Å². The number of carbonyl (C=O) groups excluding carboxylic acids is 1. The van der Waals surface area contributed by atoms with E-state index in [1.54, 1.807) is 12.1 Å². The Balaban J connectivity index is 1.96. The van der Waals surface area contributed by atoms with Crippen LogP contribution in [0, 0.1) is 0 Å². The molecule has 0 fully saturated rings. The lowest BCUT2D eigenvalue weighted by atomic mass is 10.1. The van der Waals surface area contributed by atoms with E-state index in [1.165, 1.54) is 22.9 Å². The van der Waals surface area contributed by atoms with Crippen molar-refractivity contribution in [1.82, 2.24) is 9.88 Å². The number of nitrogens with one attached hydrogen (secondary N) is 1. The molecule has 0 saturated carbocycles. The Hall–Kier alpha value is -2.61. The van der Waals surface area contributed by atoms with Crippen LogP contribution in [0.15, 0.2) is 53.5 Å². The Morgan fingerprint density at radius 1 is 1.21 bits per heavy atom. The van der Waals surface area contributed by atoms with E-state index in [9.17, 15) is 27.9 Å². The number of hydrogen-bond acceptors (Lipinski definition) is 3. The van der Waals surface area contributed by atoms with E-state index in [4.69, 9.17) is 0 Å². The summed E-state index contributed by atoms with van der Waals surface area (Å²) in [6, 6.07) is 8.50. The van der Waals surface area contributed by atoms with Crippen LogP contribution in [0.2, 0.25) is 0 Å². The summed E-state index contributed by atoms with van der Waals surface area (Å²) in [6.45, 7) is -0.237. The Kier molecular flexibility index (Phi) is 5.40. The van der Waals surface area contributed by atoms with Crippen LogP contribution in [0.3, 0.4) is 0 Å². The molecule has 5 nitrogen and oxygen atoms in total. The van der Waals surface area contributed by atoms with E-state index in [1.807, 2.05) is 0 Å². The van der Waals surface area contributed by atoms with Crippen molar-refractivity contribution in [3.63, 3.8) is 0 Å². The highest BCUT2D eigenvalue weighted by atomic mass is 19.4. The molecule has 0 bridgehead atoms. The highest BCUT2D eigenvalue weighted by Gasteiger charge is 2.30. The molecule has 24 heavy (non-hydrogen) atoms. The first-order chi connectivity index (χ1) is 11.3. The van der Waals surface area contributed by atoms with Gasteiger partial charge in [-0.1, -0.05) is 12.1 Å². The first-order valence-electron chi connectivity index (χ1n) is 7.06. The van der Waals surface area contributed by atoms with E-state index in [-0.39, 0.29) is 24.2 Å². The summed E-state index contributed by atoms with van der Waals surface area (Å²) >= 11 is 0. The highest BCUT2D eigenvalue weighted by molar-refractivity contribution is 5.94. The molecule has 1 atom stereocenters. The maximum Gasteiger partial charge on any atom is 0.416 e. The van der Waals surface area contributed by atoms with Gasteiger partial charge in [-0.25, -0.2) is 0 Å². The fraction of sp³-hybridized carbons (Fsp3) is 0.250. The minimum Gasteiger partial charge on any atom is -0.389 e. The monoisotopic (exact) mass is 340 g/mol. The summed E-state index contributed by atoms with van der Waals surface area (Å²) in [5.74, 6) is -0.736. The molecule has 1 heterocycles. The van der Waals surface area contributed by atoms with Crippen LogP contribution >= 0.6 is 0 Å². The van der Waals surface area contributed by atoms with Gasteiger partial charge in [0.1, 0.15) is 0 Å². The normalized spacial score (nSPS) is 12.7. The third-order valence-corrected chi connectivity index (χ3v) is 3.26. The smallest absolute Gasteiger partial charge is 0.389 e. The molecule has 0 aliphatic rings. The van der Waals surface area contributed by atoms with E-state index >= 15 is 0 Å². The molecule has 1 amide bonds. The Morgan fingerprint density at radius 3 is 2.62 bits per heavy atom. The number of pyridine rings is 1. The Morgan fingerprint density at radius 2 is 1.96 bits per heavy atom. The van der Waals surface area contributed by atoms with Gasteiger partial charge in [-0.3, -0.25) is 9.59 Å². The molecular formula is C16H15F3N2O3. The quantitative estimate of drug-likeness (QED) is 0.870. The number of nitrogens with zero attached hydrogens (tertiary/aromatic N) is 1. The van der Waals surface area contributed by atoms with Gasteiger partial charge in [-0.05, 0) is 24.3 Å². The van der Waals surface area contributed by atoms with Crippen LogP contribution in [-0.4, -0.2) is 28.2 Å². The molecule has 2 aromatic rings. The van der Waals surface area contributed by atoms with Gasteiger partial charge in [-0.15, -0.1) is 0 Å². The Bertz CT molecular complexity index is 771. The molecule has 8 heteroatoms. The minimum absolute atomic E-state index is 0.0391. The number of alkyl halides is 3. The first kappa shape index (κ1) is 17.7. The summed E-state index contributed by atoms with van der Waals surface area (Å²) in [5, 5.41) is 12.2. The predicted molar refractivity (Wildman–Crippen MR) is 80.5 cm³/mol. The van der Waals surface area contributed by atoms with Gasteiger partial charge < -0.3 is 15.0 Å². The van der Waals surface area contributed by atoms with Crippen molar-refractivity contribution in [3.8, 4) is 0 Å². The van der Waals surface area contributed by atoms with Crippen LogP contribution in [0.25, 0.3) is 0 Å². The second kappa shape index (κ2) is 7.31. The van der Waals surface area contributed by atoms with E-state index in [2.05, 4.69) is 5.32 Å². The molecule has 0 aliphatic carbocycles. The SMILES string of the molecule is O=C(NC[C@H](O)Cn1ccccc1=O)c1cccc(C(F)(F)F)c1. The summed E-state index contributed by atoms with van der Waals surface area (Å²) in [4.78, 5) is 23.4. The molecule has 2 rings (SSSR count). The number of hydrogen-bond donors (Lipinski definition) is 2. The highest BCUT2D eigenvalue weighted by Crippen LogP contribution is 2.29. The molecular weight excluding hydrogens is 325 g/mol. The average Bonchev–Trinajstić information content (AvgIpc) is 2.54. The van der Waals surface area contributed by atoms with Gasteiger partial charge in [0, 0.05) is 24.4 Å². The number of aromatic nitrogens is 1. The third-order valence-electron chi connectivity index (χ3n) is 3.26. The van der Waals surface area contributed by atoms with E-state index in [0.717, 1.165) is 18.2 Å². The van der Waals surface area contributed by atoms with E-state index in [0.29, 0.717) is 0 Å². The topological polar surface area (TPSA) is 71.3 Å².